The lowest BCUT2D eigenvalue weighted by molar-refractivity contribution is -0.122. The number of nitrogens with zero attached hydrogens (tertiary/aromatic N) is 5. The molecule has 1 amide bonds. The van der Waals surface area contributed by atoms with Gasteiger partial charge in [-0.3, -0.25) is 4.79 Å². The van der Waals surface area contributed by atoms with Crippen LogP contribution in [0.1, 0.15) is 31.2 Å². The highest BCUT2D eigenvalue weighted by atomic mass is 16.2. The summed E-state index contributed by atoms with van der Waals surface area (Å²) in [5.41, 5.74) is 0.640. The lowest BCUT2D eigenvalue weighted by atomic mass is 10.2. The molecule has 1 saturated heterocycles. The molecule has 4 rings (SSSR count). The third-order valence-corrected chi connectivity index (χ3v) is 5.00. The van der Waals surface area contributed by atoms with Crippen LogP contribution in [-0.2, 0) is 17.9 Å². The molecule has 0 unspecified atom stereocenters. The number of rotatable bonds is 5. The van der Waals surface area contributed by atoms with Gasteiger partial charge in [-0.15, -0.1) is 5.10 Å². The van der Waals surface area contributed by atoms with Crippen molar-refractivity contribution >= 4 is 17.5 Å². The second-order valence-corrected chi connectivity index (χ2v) is 7.06. The molecule has 1 aliphatic rings. The summed E-state index contributed by atoms with van der Waals surface area (Å²) in [7, 11) is 0. The minimum atomic E-state index is -0.361. The van der Waals surface area contributed by atoms with Gasteiger partial charge < -0.3 is 10.2 Å². The van der Waals surface area contributed by atoms with E-state index in [2.05, 4.69) is 20.3 Å². The predicted molar refractivity (Wildman–Crippen MR) is 106 cm³/mol. The van der Waals surface area contributed by atoms with Gasteiger partial charge in [0, 0.05) is 25.8 Å². The molecule has 1 N–H and O–H groups in total. The molecule has 2 aromatic heterocycles. The minimum absolute atomic E-state index is 0.131. The molecule has 28 heavy (non-hydrogen) atoms. The van der Waals surface area contributed by atoms with Gasteiger partial charge in [-0.1, -0.05) is 43.2 Å². The molecular formula is C20H24N6O2. The van der Waals surface area contributed by atoms with Crippen molar-refractivity contribution in [2.45, 2.75) is 38.8 Å². The monoisotopic (exact) mass is 380 g/mol. The molecular weight excluding hydrogens is 356 g/mol. The Balaban J connectivity index is 1.47. The predicted octanol–water partition coefficient (Wildman–Crippen LogP) is 1.59. The topological polar surface area (TPSA) is 84.5 Å². The lowest BCUT2D eigenvalue weighted by Crippen LogP contribution is -2.32. The van der Waals surface area contributed by atoms with E-state index in [1.807, 2.05) is 36.4 Å². The van der Waals surface area contributed by atoms with E-state index in [1.165, 1.54) is 17.2 Å². The smallest absolute Gasteiger partial charge is 0.352 e. The van der Waals surface area contributed by atoms with Gasteiger partial charge in [0.25, 0.3) is 5.78 Å². The van der Waals surface area contributed by atoms with E-state index in [-0.39, 0.29) is 18.1 Å². The van der Waals surface area contributed by atoms with E-state index < -0.39 is 0 Å². The number of nitrogens with one attached hydrogen (secondary N) is 1. The quantitative estimate of drug-likeness (QED) is 0.727. The first-order valence-electron chi connectivity index (χ1n) is 9.72. The molecule has 0 radical (unpaired) electrons. The van der Waals surface area contributed by atoms with Crippen molar-refractivity contribution in [2.24, 2.45) is 0 Å². The molecule has 0 aliphatic carbocycles. The second kappa shape index (κ2) is 8.24. The maximum atomic E-state index is 12.5. The zero-order valence-corrected chi connectivity index (χ0v) is 15.8. The van der Waals surface area contributed by atoms with Crippen LogP contribution in [0.4, 0.5) is 5.82 Å². The molecule has 0 bridgehead atoms. The molecule has 1 fully saturated rings. The minimum Gasteiger partial charge on any atom is -0.356 e. The Hall–Kier alpha value is -3.16. The van der Waals surface area contributed by atoms with Gasteiger partial charge in [-0.05, 0) is 24.5 Å². The number of benzene rings is 1. The van der Waals surface area contributed by atoms with E-state index in [1.54, 1.807) is 6.20 Å². The SMILES string of the molecule is O=C(Cn1nc2nc(N3CCCCCC3)ccn2c1=O)NCc1ccccc1. The summed E-state index contributed by atoms with van der Waals surface area (Å²) in [6.07, 6.45) is 6.47. The Morgan fingerprint density at radius 3 is 2.54 bits per heavy atom. The maximum absolute atomic E-state index is 12.5. The van der Waals surface area contributed by atoms with Gasteiger partial charge in [0.15, 0.2) is 0 Å². The Bertz CT molecular complexity index is 1000. The van der Waals surface area contributed by atoms with Crippen molar-refractivity contribution in [1.82, 2.24) is 24.5 Å². The van der Waals surface area contributed by atoms with Crippen LogP contribution in [-0.4, -0.2) is 38.2 Å². The molecule has 8 heteroatoms. The van der Waals surface area contributed by atoms with E-state index in [0.29, 0.717) is 12.3 Å². The first-order valence-corrected chi connectivity index (χ1v) is 9.72. The van der Waals surface area contributed by atoms with Crippen LogP contribution in [0.3, 0.4) is 0 Å². The van der Waals surface area contributed by atoms with Crippen molar-refractivity contribution in [3.8, 4) is 0 Å². The molecule has 0 atom stereocenters. The van der Waals surface area contributed by atoms with Gasteiger partial charge >= 0.3 is 5.69 Å². The van der Waals surface area contributed by atoms with E-state index in [4.69, 9.17) is 0 Å². The first-order chi connectivity index (χ1) is 13.7. The van der Waals surface area contributed by atoms with Gasteiger partial charge in [0.05, 0.1) is 0 Å². The molecule has 8 nitrogen and oxygen atoms in total. The Morgan fingerprint density at radius 1 is 1.04 bits per heavy atom. The summed E-state index contributed by atoms with van der Waals surface area (Å²) in [5, 5.41) is 7.07. The molecule has 146 valence electrons. The summed E-state index contributed by atoms with van der Waals surface area (Å²) in [6.45, 7) is 2.22. The largest absolute Gasteiger partial charge is 0.356 e. The normalized spacial score (nSPS) is 14.8. The number of anilines is 1. The van der Waals surface area contributed by atoms with Crippen molar-refractivity contribution in [2.75, 3.05) is 18.0 Å². The van der Waals surface area contributed by atoms with Crippen LogP contribution in [0.25, 0.3) is 5.78 Å². The molecule has 3 aromatic rings. The number of carbonyl (C=O) groups excluding carboxylic acids is 1. The number of fused-ring (bicyclic) bond motifs is 1. The third kappa shape index (κ3) is 4.05. The van der Waals surface area contributed by atoms with Crippen molar-refractivity contribution in [1.29, 1.82) is 0 Å². The maximum Gasteiger partial charge on any atom is 0.352 e. The lowest BCUT2D eigenvalue weighted by Gasteiger charge is -2.20. The van der Waals surface area contributed by atoms with Crippen LogP contribution >= 0.6 is 0 Å². The number of hydrogen-bond donors (Lipinski definition) is 1. The summed E-state index contributed by atoms with van der Waals surface area (Å²) in [4.78, 5) is 31.5. The van der Waals surface area contributed by atoms with Crippen molar-refractivity contribution in [3.63, 3.8) is 0 Å². The fraction of sp³-hybridized carbons (Fsp3) is 0.400. The fourth-order valence-corrected chi connectivity index (χ4v) is 3.46. The highest BCUT2D eigenvalue weighted by molar-refractivity contribution is 5.75. The van der Waals surface area contributed by atoms with Crippen LogP contribution in [0.15, 0.2) is 47.4 Å². The number of hydrogen-bond acceptors (Lipinski definition) is 5. The summed E-state index contributed by atoms with van der Waals surface area (Å²) in [6, 6.07) is 11.5. The van der Waals surface area contributed by atoms with Gasteiger partial charge in [-0.2, -0.15) is 4.98 Å². The number of amides is 1. The highest BCUT2D eigenvalue weighted by Gasteiger charge is 2.15. The molecule has 1 aromatic carbocycles. The van der Waals surface area contributed by atoms with E-state index in [9.17, 15) is 9.59 Å². The van der Waals surface area contributed by atoms with Crippen LogP contribution in [0.5, 0.6) is 0 Å². The third-order valence-electron chi connectivity index (χ3n) is 5.00. The Morgan fingerprint density at radius 2 is 1.79 bits per heavy atom. The average molecular weight is 380 g/mol. The molecule has 0 saturated carbocycles. The summed E-state index contributed by atoms with van der Waals surface area (Å²) < 4.78 is 2.54. The average Bonchev–Trinajstić information content (AvgIpc) is 2.90. The summed E-state index contributed by atoms with van der Waals surface area (Å²) in [5.74, 6) is 0.893. The van der Waals surface area contributed by atoms with E-state index >= 15 is 0 Å². The molecule has 3 heterocycles. The molecule has 1 aliphatic heterocycles. The van der Waals surface area contributed by atoms with Crippen molar-refractivity contribution < 1.29 is 4.79 Å². The van der Waals surface area contributed by atoms with Gasteiger partial charge in [-0.25, -0.2) is 13.9 Å². The van der Waals surface area contributed by atoms with E-state index in [0.717, 1.165) is 42.0 Å². The Kier molecular flexibility index (Phi) is 5.36. The standard InChI is InChI=1S/C20H24N6O2/c27-18(21-14-16-8-4-3-5-9-16)15-26-20(28)25-13-10-17(22-19(25)23-26)24-11-6-1-2-7-12-24/h3-5,8-10,13H,1-2,6-7,11-12,14-15H2,(H,21,27). The Labute approximate surface area is 162 Å². The zero-order chi connectivity index (χ0) is 19.3. The van der Waals surface area contributed by atoms with Gasteiger partial charge in [0.2, 0.25) is 5.91 Å². The van der Waals surface area contributed by atoms with Crippen LogP contribution < -0.4 is 15.9 Å². The summed E-state index contributed by atoms with van der Waals surface area (Å²) >= 11 is 0. The molecule has 0 spiro atoms. The van der Waals surface area contributed by atoms with Gasteiger partial charge in [0.1, 0.15) is 12.4 Å². The highest BCUT2D eigenvalue weighted by Crippen LogP contribution is 2.17. The van der Waals surface area contributed by atoms with Crippen LogP contribution in [0.2, 0.25) is 0 Å². The first kappa shape index (κ1) is 18.2. The fourth-order valence-electron chi connectivity index (χ4n) is 3.46. The van der Waals surface area contributed by atoms with Crippen LogP contribution in [0, 0.1) is 0 Å². The zero-order valence-electron chi connectivity index (χ0n) is 15.8. The van der Waals surface area contributed by atoms with Crippen molar-refractivity contribution in [3.05, 3.63) is 58.6 Å². The second-order valence-electron chi connectivity index (χ2n) is 7.06. The number of carbonyl (C=O) groups is 1. The number of aromatic nitrogens is 4.